The second kappa shape index (κ2) is 7.19. The molecule has 5 nitrogen and oxygen atoms in total. The predicted octanol–water partition coefficient (Wildman–Crippen LogP) is 2.87. The van der Waals surface area contributed by atoms with E-state index in [1.807, 2.05) is 45.0 Å². The first kappa shape index (κ1) is 17.6. The highest BCUT2D eigenvalue weighted by molar-refractivity contribution is 8.13. The van der Waals surface area contributed by atoms with Gasteiger partial charge in [-0.25, -0.2) is 10.0 Å². The molecule has 23 heavy (non-hydrogen) atoms. The number of hydrogen-bond acceptors (Lipinski definition) is 4. The number of carbonyl (C=O) groups is 2. The Hall–Kier alpha value is -1.79. The van der Waals surface area contributed by atoms with Gasteiger partial charge in [0.2, 0.25) is 0 Å². The van der Waals surface area contributed by atoms with Gasteiger partial charge in [-0.15, -0.1) is 6.58 Å². The van der Waals surface area contributed by atoms with Gasteiger partial charge in [0.15, 0.2) is 0 Å². The van der Waals surface area contributed by atoms with E-state index in [1.165, 1.54) is 10.0 Å². The van der Waals surface area contributed by atoms with E-state index in [1.54, 1.807) is 6.08 Å². The number of nitrogens with two attached hydrogens (primary N) is 1. The highest BCUT2D eigenvalue weighted by Gasteiger charge is 2.49. The van der Waals surface area contributed by atoms with Crippen LogP contribution in [0.25, 0.3) is 0 Å². The van der Waals surface area contributed by atoms with Crippen LogP contribution in [0, 0.1) is 6.92 Å². The molecule has 0 spiro atoms. The van der Waals surface area contributed by atoms with Crippen LogP contribution in [0.4, 0.5) is 4.79 Å². The third kappa shape index (κ3) is 3.28. The first-order valence-corrected chi connectivity index (χ1v) is 8.59. The Balaban J connectivity index is 2.40. The quantitative estimate of drug-likeness (QED) is 0.861. The summed E-state index contributed by atoms with van der Waals surface area (Å²) in [5.74, 6) is -0.182. The molecule has 1 saturated heterocycles. The summed E-state index contributed by atoms with van der Waals surface area (Å²) in [6.07, 6.45) is 0.959. The SMILES string of the molecule is C=CCSC(=O)N1C(N)C(c2ccccc2C)C(=O)N1C(C)C. The molecule has 0 saturated carbocycles. The van der Waals surface area contributed by atoms with Crippen molar-refractivity contribution in [1.82, 2.24) is 10.0 Å². The highest BCUT2D eigenvalue weighted by Crippen LogP contribution is 2.36. The molecule has 2 atom stereocenters. The number of carbonyl (C=O) groups excluding carboxylic acids is 2. The molecule has 1 heterocycles. The normalized spacial score (nSPS) is 21.2. The molecule has 124 valence electrons. The summed E-state index contributed by atoms with van der Waals surface area (Å²) in [4.78, 5) is 25.4. The van der Waals surface area contributed by atoms with E-state index in [0.29, 0.717) is 5.75 Å². The van der Waals surface area contributed by atoms with E-state index in [2.05, 4.69) is 6.58 Å². The summed E-state index contributed by atoms with van der Waals surface area (Å²) in [6, 6.07) is 7.52. The Labute approximate surface area is 141 Å². The van der Waals surface area contributed by atoms with Gasteiger partial charge < -0.3 is 5.73 Å². The minimum atomic E-state index is -0.698. The minimum Gasteiger partial charge on any atom is -0.309 e. The van der Waals surface area contributed by atoms with Gasteiger partial charge in [-0.1, -0.05) is 42.1 Å². The number of benzene rings is 1. The molecule has 0 aromatic heterocycles. The molecule has 6 heteroatoms. The summed E-state index contributed by atoms with van der Waals surface area (Å²) in [6.45, 7) is 9.33. The van der Waals surface area contributed by atoms with E-state index < -0.39 is 12.1 Å². The van der Waals surface area contributed by atoms with Crippen molar-refractivity contribution < 1.29 is 9.59 Å². The molecule has 2 rings (SSSR count). The van der Waals surface area contributed by atoms with Crippen LogP contribution in [0.15, 0.2) is 36.9 Å². The third-order valence-corrected chi connectivity index (χ3v) is 4.71. The fourth-order valence-corrected chi connectivity index (χ4v) is 3.44. The lowest BCUT2D eigenvalue weighted by molar-refractivity contribution is -0.138. The van der Waals surface area contributed by atoms with Gasteiger partial charge in [0.05, 0.1) is 0 Å². The summed E-state index contributed by atoms with van der Waals surface area (Å²) in [5.41, 5.74) is 8.19. The zero-order valence-electron chi connectivity index (χ0n) is 13.7. The van der Waals surface area contributed by atoms with Gasteiger partial charge >= 0.3 is 5.24 Å². The molecule has 0 aliphatic carbocycles. The Morgan fingerprint density at radius 3 is 2.65 bits per heavy atom. The Morgan fingerprint density at radius 1 is 1.43 bits per heavy atom. The topological polar surface area (TPSA) is 66.6 Å². The van der Waals surface area contributed by atoms with Gasteiger partial charge in [-0.2, -0.15) is 0 Å². The molecule has 1 aromatic rings. The minimum absolute atomic E-state index is 0.130. The molecule has 2 unspecified atom stereocenters. The molecule has 0 radical (unpaired) electrons. The van der Waals surface area contributed by atoms with Gasteiger partial charge in [0.1, 0.15) is 12.1 Å². The van der Waals surface area contributed by atoms with Crippen LogP contribution >= 0.6 is 11.8 Å². The van der Waals surface area contributed by atoms with Crippen molar-refractivity contribution in [2.45, 2.75) is 38.9 Å². The van der Waals surface area contributed by atoms with Gasteiger partial charge in [-0.05, 0) is 31.9 Å². The lowest BCUT2D eigenvalue weighted by atomic mass is 9.92. The second-order valence-corrected chi connectivity index (χ2v) is 6.78. The first-order valence-electron chi connectivity index (χ1n) is 7.61. The van der Waals surface area contributed by atoms with Crippen molar-refractivity contribution in [3.8, 4) is 0 Å². The molecule has 2 amide bonds. The van der Waals surface area contributed by atoms with Crippen LogP contribution < -0.4 is 5.73 Å². The zero-order chi connectivity index (χ0) is 17.1. The van der Waals surface area contributed by atoms with E-state index in [4.69, 9.17) is 5.73 Å². The van der Waals surface area contributed by atoms with E-state index in [-0.39, 0.29) is 17.2 Å². The zero-order valence-corrected chi connectivity index (χ0v) is 14.5. The van der Waals surface area contributed by atoms with Crippen LogP contribution in [0.1, 0.15) is 30.9 Å². The maximum atomic E-state index is 12.9. The van der Waals surface area contributed by atoms with Gasteiger partial charge in [-0.3, -0.25) is 9.59 Å². The first-order chi connectivity index (χ1) is 10.9. The molecular formula is C17H23N3O2S. The summed E-state index contributed by atoms with van der Waals surface area (Å²) in [5, 5.41) is 2.66. The van der Waals surface area contributed by atoms with E-state index in [9.17, 15) is 9.59 Å². The van der Waals surface area contributed by atoms with Crippen LogP contribution in [0.3, 0.4) is 0 Å². The molecule has 0 bridgehead atoms. The molecular weight excluding hydrogens is 310 g/mol. The summed E-state index contributed by atoms with van der Waals surface area (Å²) < 4.78 is 0. The van der Waals surface area contributed by atoms with Crippen LogP contribution in [-0.2, 0) is 4.79 Å². The molecule has 1 aliphatic heterocycles. The molecule has 1 aromatic carbocycles. The average molecular weight is 333 g/mol. The Morgan fingerprint density at radius 2 is 2.09 bits per heavy atom. The lowest BCUT2D eigenvalue weighted by Gasteiger charge is -2.32. The number of hydrazine groups is 1. The lowest BCUT2D eigenvalue weighted by Crippen LogP contribution is -2.51. The summed E-state index contributed by atoms with van der Waals surface area (Å²) in [7, 11) is 0. The molecule has 2 N–H and O–H groups in total. The Kier molecular flexibility index (Phi) is 5.49. The van der Waals surface area contributed by atoms with Crippen molar-refractivity contribution in [1.29, 1.82) is 0 Å². The monoisotopic (exact) mass is 333 g/mol. The fraction of sp³-hybridized carbons (Fsp3) is 0.412. The largest absolute Gasteiger partial charge is 0.309 e. The van der Waals surface area contributed by atoms with Crippen LogP contribution in [0.5, 0.6) is 0 Å². The van der Waals surface area contributed by atoms with Crippen LogP contribution in [-0.4, -0.2) is 39.1 Å². The molecule has 1 fully saturated rings. The van der Waals surface area contributed by atoms with Crippen molar-refractivity contribution in [3.05, 3.63) is 48.0 Å². The second-order valence-electron chi connectivity index (χ2n) is 5.81. The van der Waals surface area contributed by atoms with E-state index in [0.717, 1.165) is 22.9 Å². The standard InChI is InChI=1S/C17H23N3O2S/c1-5-10-23-17(22)20-15(18)14(16(21)19(20)11(2)3)13-9-7-6-8-12(13)4/h5-9,11,14-15H,1,10,18H2,2-4H3. The number of rotatable bonds is 4. The van der Waals surface area contributed by atoms with Gasteiger partial charge in [0.25, 0.3) is 5.91 Å². The average Bonchev–Trinajstić information content (AvgIpc) is 2.77. The Bertz CT molecular complexity index is 618. The smallest absolute Gasteiger partial charge is 0.302 e. The maximum Gasteiger partial charge on any atom is 0.302 e. The number of thioether (sulfide) groups is 1. The number of nitrogens with zero attached hydrogens (tertiary/aromatic N) is 2. The number of aryl methyl sites for hydroxylation is 1. The number of hydrogen-bond donors (Lipinski definition) is 1. The summed E-state index contributed by atoms with van der Waals surface area (Å²) >= 11 is 1.10. The van der Waals surface area contributed by atoms with Crippen LogP contribution in [0.2, 0.25) is 0 Å². The fourth-order valence-electron chi connectivity index (χ4n) is 2.84. The predicted molar refractivity (Wildman–Crippen MR) is 93.8 cm³/mol. The molecule has 1 aliphatic rings. The maximum absolute atomic E-state index is 12.9. The third-order valence-electron chi connectivity index (χ3n) is 3.87. The van der Waals surface area contributed by atoms with Crippen molar-refractivity contribution in [2.24, 2.45) is 5.73 Å². The van der Waals surface area contributed by atoms with Crippen molar-refractivity contribution >= 4 is 22.9 Å². The van der Waals surface area contributed by atoms with E-state index >= 15 is 0 Å². The van der Waals surface area contributed by atoms with Gasteiger partial charge in [0, 0.05) is 11.8 Å². The number of amides is 2. The highest BCUT2D eigenvalue weighted by atomic mass is 32.2. The van der Waals surface area contributed by atoms with Crippen molar-refractivity contribution in [3.63, 3.8) is 0 Å². The van der Waals surface area contributed by atoms with Crippen molar-refractivity contribution in [2.75, 3.05) is 5.75 Å².